The van der Waals surface area contributed by atoms with Gasteiger partial charge in [0.25, 0.3) is 5.56 Å². The average molecular weight is 331 g/mol. The molecule has 0 aliphatic heterocycles. The van der Waals surface area contributed by atoms with E-state index in [9.17, 15) is 4.79 Å². The highest BCUT2D eigenvalue weighted by atomic mass is 32.2. The lowest BCUT2D eigenvalue weighted by molar-refractivity contribution is 0.232. The largest absolute Gasteiger partial charge is 0.309 e. The van der Waals surface area contributed by atoms with Gasteiger partial charge in [0.2, 0.25) is 0 Å². The molecule has 124 valence electrons. The minimum Gasteiger partial charge on any atom is -0.309 e. The fraction of sp³-hybridized carbons (Fsp3) is 0.556. The summed E-state index contributed by atoms with van der Waals surface area (Å²) in [5.74, 6) is 1.59. The van der Waals surface area contributed by atoms with Crippen molar-refractivity contribution in [1.82, 2.24) is 14.9 Å². The number of hydrogen-bond acceptors (Lipinski definition) is 4. The minimum atomic E-state index is -0.0226. The lowest BCUT2D eigenvalue weighted by atomic mass is 9.94. The Balaban J connectivity index is 1.66. The van der Waals surface area contributed by atoms with Crippen molar-refractivity contribution >= 4 is 22.7 Å². The molecule has 0 atom stereocenters. The molecule has 1 aromatic heterocycles. The summed E-state index contributed by atoms with van der Waals surface area (Å²) in [6.07, 6.45) is 5.05. The van der Waals surface area contributed by atoms with Gasteiger partial charge < -0.3 is 9.88 Å². The van der Waals surface area contributed by atoms with Crippen LogP contribution in [0.4, 0.5) is 0 Å². The molecule has 23 heavy (non-hydrogen) atoms. The van der Waals surface area contributed by atoms with E-state index >= 15 is 0 Å². The zero-order valence-corrected chi connectivity index (χ0v) is 14.9. The Morgan fingerprint density at radius 3 is 2.70 bits per heavy atom. The van der Waals surface area contributed by atoms with Crippen LogP contribution in [-0.2, 0) is 5.75 Å². The third-order valence-electron chi connectivity index (χ3n) is 4.82. The zero-order chi connectivity index (χ0) is 16.4. The first-order chi connectivity index (χ1) is 11.0. The van der Waals surface area contributed by atoms with Crippen LogP contribution in [0.1, 0.15) is 37.1 Å². The van der Waals surface area contributed by atoms with Crippen LogP contribution in [0.3, 0.4) is 0 Å². The molecule has 0 amide bonds. The van der Waals surface area contributed by atoms with Gasteiger partial charge in [-0.15, -0.1) is 0 Å². The van der Waals surface area contributed by atoms with E-state index in [1.807, 2.05) is 36.9 Å². The summed E-state index contributed by atoms with van der Waals surface area (Å²) in [7, 11) is 4.34. The molecular formula is C18H25N3OS. The Morgan fingerprint density at radius 2 is 2.00 bits per heavy atom. The summed E-state index contributed by atoms with van der Waals surface area (Å²) in [6, 6.07) is 6.49. The summed E-state index contributed by atoms with van der Waals surface area (Å²) in [5.41, 5.74) is 1.88. The van der Waals surface area contributed by atoms with Crippen LogP contribution in [0.5, 0.6) is 0 Å². The summed E-state index contributed by atoms with van der Waals surface area (Å²) in [5, 5.41) is 1.37. The topological polar surface area (TPSA) is 49.0 Å². The number of rotatable bonds is 4. The second-order valence-corrected chi connectivity index (χ2v) is 7.98. The first kappa shape index (κ1) is 16.5. The van der Waals surface area contributed by atoms with Crippen LogP contribution in [0, 0.1) is 6.92 Å². The molecular weight excluding hydrogens is 306 g/mol. The van der Waals surface area contributed by atoms with Crippen molar-refractivity contribution in [1.29, 1.82) is 0 Å². The summed E-state index contributed by atoms with van der Waals surface area (Å²) in [6.45, 7) is 2.01. The number of hydrogen-bond donors (Lipinski definition) is 1. The van der Waals surface area contributed by atoms with Crippen LogP contribution >= 0.6 is 11.8 Å². The smallest absolute Gasteiger partial charge is 0.258 e. The highest BCUT2D eigenvalue weighted by Gasteiger charge is 2.22. The normalized spacial score (nSPS) is 21.9. The summed E-state index contributed by atoms with van der Waals surface area (Å²) >= 11 is 1.94. The Kier molecular flexibility index (Phi) is 5.07. The molecule has 0 radical (unpaired) electrons. The third kappa shape index (κ3) is 3.78. The van der Waals surface area contributed by atoms with Crippen LogP contribution < -0.4 is 5.56 Å². The molecule has 1 saturated carbocycles. The van der Waals surface area contributed by atoms with Crippen LogP contribution in [0.25, 0.3) is 10.9 Å². The first-order valence-electron chi connectivity index (χ1n) is 8.31. The summed E-state index contributed by atoms with van der Waals surface area (Å²) in [4.78, 5) is 22.2. The molecule has 5 heteroatoms. The molecule has 2 aromatic rings. The maximum Gasteiger partial charge on any atom is 0.258 e. The number of fused-ring (bicyclic) bond motifs is 1. The van der Waals surface area contributed by atoms with E-state index in [4.69, 9.17) is 0 Å². The van der Waals surface area contributed by atoms with Gasteiger partial charge in [0.05, 0.1) is 16.7 Å². The Labute approximate surface area is 141 Å². The molecule has 1 N–H and O–H groups in total. The lowest BCUT2D eigenvalue weighted by Crippen LogP contribution is -2.32. The predicted octanol–water partition coefficient (Wildman–Crippen LogP) is 3.34. The van der Waals surface area contributed by atoms with E-state index < -0.39 is 0 Å². The van der Waals surface area contributed by atoms with E-state index in [0.717, 1.165) is 28.7 Å². The highest BCUT2D eigenvalue weighted by Crippen LogP contribution is 2.31. The quantitative estimate of drug-likeness (QED) is 0.933. The number of benzene rings is 1. The van der Waals surface area contributed by atoms with Gasteiger partial charge >= 0.3 is 0 Å². The Bertz CT molecular complexity index is 733. The van der Waals surface area contributed by atoms with Crippen molar-refractivity contribution in [3.05, 3.63) is 39.9 Å². The average Bonchev–Trinajstić information content (AvgIpc) is 2.54. The van der Waals surface area contributed by atoms with Gasteiger partial charge in [-0.2, -0.15) is 11.8 Å². The number of para-hydroxylation sites is 1. The van der Waals surface area contributed by atoms with Gasteiger partial charge in [-0.25, -0.2) is 4.98 Å². The molecule has 4 nitrogen and oxygen atoms in total. The molecule has 1 heterocycles. The second kappa shape index (κ2) is 7.05. The molecule has 0 unspecified atom stereocenters. The van der Waals surface area contributed by atoms with E-state index in [-0.39, 0.29) is 5.56 Å². The standard InChI is InChI=1S/C18H25N3OS/c1-12-5-4-6-15-17(12)19-16(20-18(15)22)11-23-14-9-7-13(8-10-14)21(2)3/h4-6,13-14H,7-11H2,1-3H3,(H,19,20,22). The maximum atomic E-state index is 12.2. The molecule has 0 spiro atoms. The first-order valence-corrected chi connectivity index (χ1v) is 9.36. The van der Waals surface area contributed by atoms with Gasteiger partial charge in [0.15, 0.2) is 0 Å². The van der Waals surface area contributed by atoms with Gasteiger partial charge in [0, 0.05) is 11.3 Å². The number of aromatic amines is 1. The highest BCUT2D eigenvalue weighted by molar-refractivity contribution is 7.99. The number of H-pyrrole nitrogens is 1. The molecule has 0 saturated heterocycles. The number of nitrogens with zero attached hydrogens (tertiary/aromatic N) is 2. The number of thioether (sulfide) groups is 1. The Hall–Kier alpha value is -1.33. The summed E-state index contributed by atoms with van der Waals surface area (Å²) < 4.78 is 0. The fourth-order valence-corrected chi connectivity index (χ4v) is 4.48. The number of aromatic nitrogens is 2. The van der Waals surface area contributed by atoms with Crippen molar-refractivity contribution in [3.63, 3.8) is 0 Å². The zero-order valence-electron chi connectivity index (χ0n) is 14.1. The second-order valence-electron chi connectivity index (χ2n) is 6.69. The van der Waals surface area contributed by atoms with Crippen molar-refractivity contribution in [2.75, 3.05) is 14.1 Å². The molecule has 1 aromatic carbocycles. The van der Waals surface area contributed by atoms with Crippen molar-refractivity contribution in [3.8, 4) is 0 Å². The minimum absolute atomic E-state index is 0.0226. The SMILES string of the molecule is Cc1cccc2c(=O)[nH]c(CSC3CCC(N(C)C)CC3)nc12. The van der Waals surface area contributed by atoms with Gasteiger partial charge in [-0.05, 0) is 58.3 Å². The number of nitrogens with one attached hydrogen (secondary N) is 1. The Morgan fingerprint density at radius 1 is 1.26 bits per heavy atom. The van der Waals surface area contributed by atoms with E-state index in [2.05, 4.69) is 29.0 Å². The van der Waals surface area contributed by atoms with Crippen LogP contribution in [0.15, 0.2) is 23.0 Å². The van der Waals surface area contributed by atoms with Crippen molar-refractivity contribution in [2.24, 2.45) is 0 Å². The van der Waals surface area contributed by atoms with E-state index in [1.165, 1.54) is 25.7 Å². The van der Waals surface area contributed by atoms with Gasteiger partial charge in [-0.1, -0.05) is 12.1 Å². The third-order valence-corrected chi connectivity index (χ3v) is 6.20. The maximum absolute atomic E-state index is 12.2. The number of aryl methyl sites for hydroxylation is 1. The van der Waals surface area contributed by atoms with E-state index in [0.29, 0.717) is 10.6 Å². The molecule has 1 aliphatic rings. The molecule has 1 fully saturated rings. The van der Waals surface area contributed by atoms with Crippen molar-refractivity contribution < 1.29 is 0 Å². The van der Waals surface area contributed by atoms with E-state index in [1.54, 1.807) is 0 Å². The predicted molar refractivity (Wildman–Crippen MR) is 98.1 cm³/mol. The molecule has 1 aliphatic carbocycles. The van der Waals surface area contributed by atoms with Gasteiger partial charge in [0.1, 0.15) is 5.82 Å². The lowest BCUT2D eigenvalue weighted by Gasteiger charge is -2.32. The monoisotopic (exact) mass is 331 g/mol. The van der Waals surface area contributed by atoms with Gasteiger partial charge in [-0.3, -0.25) is 4.79 Å². The molecule has 0 bridgehead atoms. The fourth-order valence-electron chi connectivity index (χ4n) is 3.35. The van der Waals surface area contributed by atoms with Crippen molar-refractivity contribution in [2.45, 2.75) is 49.7 Å². The molecule has 3 rings (SSSR count). The van der Waals surface area contributed by atoms with Crippen LogP contribution in [0.2, 0.25) is 0 Å². The van der Waals surface area contributed by atoms with Crippen LogP contribution in [-0.4, -0.2) is 40.3 Å².